The first kappa shape index (κ1) is 82.0. The van der Waals surface area contributed by atoms with E-state index in [0.717, 1.165) is 116 Å². The van der Waals surface area contributed by atoms with Crippen molar-refractivity contribution < 1.29 is 64.6 Å². The number of hydrogen-bond donors (Lipinski definition) is 9. The molecule has 2 aliphatic rings. The van der Waals surface area contributed by atoms with Gasteiger partial charge in [-0.3, -0.25) is 4.79 Å². The second kappa shape index (κ2) is 58.7. The Morgan fingerprint density at radius 1 is 0.411 bits per heavy atom. The summed E-state index contributed by atoms with van der Waals surface area (Å²) in [4.78, 5) is 13.3. The Bertz CT molecular complexity index is 2070. The molecule has 0 spiro atoms. The van der Waals surface area contributed by atoms with Crippen molar-refractivity contribution in [3.05, 3.63) is 146 Å². The highest BCUT2D eigenvalue weighted by Gasteiger charge is 2.51. The molecule has 0 aromatic rings. The fourth-order valence-electron chi connectivity index (χ4n) is 10.5. The van der Waals surface area contributed by atoms with Gasteiger partial charge in [-0.2, -0.15) is 0 Å². The number of ether oxygens (including phenoxy) is 4. The van der Waals surface area contributed by atoms with E-state index in [4.69, 9.17) is 18.9 Å². The van der Waals surface area contributed by atoms with E-state index in [-0.39, 0.29) is 18.9 Å². The highest BCUT2D eigenvalue weighted by Crippen LogP contribution is 2.30. The lowest BCUT2D eigenvalue weighted by Crippen LogP contribution is -2.65. The van der Waals surface area contributed by atoms with Gasteiger partial charge in [0.2, 0.25) is 5.91 Å². The zero-order valence-corrected chi connectivity index (χ0v) is 55.6. The molecule has 14 heteroatoms. The molecule has 2 heterocycles. The van der Waals surface area contributed by atoms with Crippen molar-refractivity contribution in [1.29, 1.82) is 0 Å². The third kappa shape index (κ3) is 42.2. The van der Waals surface area contributed by atoms with Crippen LogP contribution in [-0.4, -0.2) is 140 Å². The van der Waals surface area contributed by atoms with Gasteiger partial charge < -0.3 is 65.1 Å². The van der Waals surface area contributed by atoms with E-state index in [1.54, 1.807) is 6.08 Å². The summed E-state index contributed by atoms with van der Waals surface area (Å²) < 4.78 is 22.8. The smallest absolute Gasteiger partial charge is 0.220 e. The summed E-state index contributed by atoms with van der Waals surface area (Å²) in [5.74, 6) is -0.276. The Hall–Kier alpha value is -4.13. The Morgan fingerprint density at radius 2 is 0.767 bits per heavy atom. The summed E-state index contributed by atoms with van der Waals surface area (Å²) in [6.07, 6.45) is 71.7. The molecule has 12 unspecified atom stereocenters. The molecule has 90 heavy (non-hydrogen) atoms. The molecular formula is C76H125NO13. The lowest BCUT2D eigenvalue weighted by atomic mass is 9.97. The second-order valence-corrected chi connectivity index (χ2v) is 23.9. The van der Waals surface area contributed by atoms with Gasteiger partial charge >= 0.3 is 0 Å². The van der Waals surface area contributed by atoms with Crippen LogP contribution in [0.5, 0.6) is 0 Å². The maximum atomic E-state index is 13.3. The number of aliphatic hydroxyl groups is 8. The van der Waals surface area contributed by atoms with Crippen molar-refractivity contribution in [3.63, 3.8) is 0 Å². The van der Waals surface area contributed by atoms with Gasteiger partial charge in [0, 0.05) is 6.42 Å². The number of amides is 1. The van der Waals surface area contributed by atoms with E-state index in [9.17, 15) is 45.6 Å². The van der Waals surface area contributed by atoms with E-state index < -0.39 is 86.8 Å². The van der Waals surface area contributed by atoms with Gasteiger partial charge in [-0.05, 0) is 103 Å². The number of allylic oxidation sites excluding steroid dienone is 23. The first-order valence-electron chi connectivity index (χ1n) is 35.1. The molecule has 14 nitrogen and oxygen atoms in total. The van der Waals surface area contributed by atoms with Gasteiger partial charge in [-0.25, -0.2) is 0 Å². The highest BCUT2D eigenvalue weighted by molar-refractivity contribution is 5.76. The molecule has 0 bridgehead atoms. The van der Waals surface area contributed by atoms with Crippen LogP contribution in [-0.2, 0) is 23.7 Å². The average Bonchev–Trinajstić information content (AvgIpc) is 1.58. The summed E-state index contributed by atoms with van der Waals surface area (Å²) in [5.41, 5.74) is 0. The molecule has 0 aromatic carbocycles. The molecule has 12 atom stereocenters. The second-order valence-electron chi connectivity index (χ2n) is 23.9. The number of carbonyl (C=O) groups excluding carboxylic acids is 1. The van der Waals surface area contributed by atoms with Crippen molar-refractivity contribution in [3.8, 4) is 0 Å². The van der Waals surface area contributed by atoms with E-state index in [0.29, 0.717) is 6.42 Å². The average molecular weight is 1260 g/mol. The Morgan fingerprint density at radius 3 is 1.18 bits per heavy atom. The van der Waals surface area contributed by atoms with E-state index in [2.05, 4.69) is 153 Å². The summed E-state index contributed by atoms with van der Waals surface area (Å²) in [5, 5.41) is 87.4. The van der Waals surface area contributed by atoms with Gasteiger partial charge in [-0.1, -0.05) is 269 Å². The minimum Gasteiger partial charge on any atom is -0.394 e. The fourth-order valence-corrected chi connectivity index (χ4v) is 10.5. The van der Waals surface area contributed by atoms with Crippen LogP contribution in [0.25, 0.3) is 0 Å². The number of aliphatic hydroxyl groups excluding tert-OH is 8. The predicted molar refractivity (Wildman–Crippen MR) is 368 cm³/mol. The van der Waals surface area contributed by atoms with Crippen LogP contribution in [0.2, 0.25) is 0 Å². The zero-order valence-electron chi connectivity index (χ0n) is 55.6. The minimum atomic E-state index is -1.80. The van der Waals surface area contributed by atoms with Crippen LogP contribution in [0.15, 0.2) is 146 Å². The van der Waals surface area contributed by atoms with Crippen molar-refractivity contribution in [2.24, 2.45) is 0 Å². The molecule has 2 fully saturated rings. The maximum Gasteiger partial charge on any atom is 0.220 e. The first-order chi connectivity index (χ1) is 44.1. The normalized spacial score (nSPS) is 23.8. The summed E-state index contributed by atoms with van der Waals surface area (Å²) in [6.45, 7) is 2.66. The summed E-state index contributed by atoms with van der Waals surface area (Å²) in [7, 11) is 0. The number of rotatable bonds is 55. The number of carbonyl (C=O) groups is 1. The lowest BCUT2D eigenvalue weighted by molar-refractivity contribution is -0.359. The van der Waals surface area contributed by atoms with Crippen molar-refractivity contribution in [1.82, 2.24) is 5.32 Å². The molecule has 512 valence electrons. The van der Waals surface area contributed by atoms with Crippen LogP contribution in [0.4, 0.5) is 0 Å². The Balaban J connectivity index is 1.70. The number of hydrogen-bond acceptors (Lipinski definition) is 13. The number of nitrogens with one attached hydrogen (secondary N) is 1. The lowest BCUT2D eigenvalue weighted by Gasteiger charge is -2.46. The third-order valence-corrected chi connectivity index (χ3v) is 16.0. The summed E-state index contributed by atoms with van der Waals surface area (Å²) >= 11 is 0. The fraction of sp³-hybridized carbons (Fsp3) is 0.671. The van der Waals surface area contributed by atoms with Gasteiger partial charge in [0.25, 0.3) is 0 Å². The van der Waals surface area contributed by atoms with Crippen LogP contribution in [0, 0.1) is 0 Å². The van der Waals surface area contributed by atoms with Gasteiger partial charge in [0.05, 0.1) is 32.0 Å². The number of unbranched alkanes of at least 4 members (excludes halogenated alkanes) is 20. The first-order valence-corrected chi connectivity index (χ1v) is 35.1. The molecule has 2 aliphatic heterocycles. The largest absolute Gasteiger partial charge is 0.394 e. The third-order valence-electron chi connectivity index (χ3n) is 16.0. The molecule has 9 N–H and O–H groups in total. The quantitative estimate of drug-likeness (QED) is 0.0204. The predicted octanol–water partition coefficient (Wildman–Crippen LogP) is 14.5. The Kier molecular flexibility index (Phi) is 53.4. The SMILES string of the molecule is CC/C=C\C/C=C\C/C=C\C/C=C\C/C=C\C/C=C\C/C=C\C/C=C\C/C=C\C/C=C\C/C=C\CCCCCC(=O)NC(COC1OC(CO)C(OC2OC(CO)C(O)C(O)C2O)C(O)C1O)C(O)/C=C/CCCCCCCCCCCCCCCCCCC. The van der Waals surface area contributed by atoms with Gasteiger partial charge in [0.1, 0.15) is 48.8 Å². The zero-order chi connectivity index (χ0) is 65.2. The highest BCUT2D eigenvalue weighted by atomic mass is 16.7. The standard InChI is InChI=1S/C76H125NO13/c1-3-5-7-9-11-13-15-17-19-21-23-24-25-26-27-28-29-30-31-32-33-34-35-36-37-38-39-40-42-44-46-48-50-52-54-56-58-60-68(81)77-64(65(80)59-57-55-53-51-49-47-45-43-41-22-20-18-16-14-12-10-8-6-4-2)63-87-75-73(86)71(84)74(67(62-79)89-75)90-76-72(85)70(83)69(82)66(61-78)88-76/h5,7,11,13,17,19,23-24,26-27,29-30,32-33,35-36,38-39,42,44,48,50,57,59,64-67,69-76,78-80,82-86H,3-4,6,8-10,12,14-16,18,20-22,25,28,31,34,37,40-41,43,45-47,49,51-56,58,60-63H2,1-2H3,(H,77,81)/b7-5-,13-11-,19-17-,24-23-,27-26-,30-29-,33-32-,36-35-,39-38-,44-42-,50-48-,59-57+. The minimum absolute atomic E-state index is 0.232. The van der Waals surface area contributed by atoms with Crippen molar-refractivity contribution in [2.45, 2.75) is 306 Å². The van der Waals surface area contributed by atoms with Gasteiger partial charge in [0.15, 0.2) is 12.6 Å². The molecular weight excluding hydrogens is 1130 g/mol. The Labute approximate surface area is 544 Å². The van der Waals surface area contributed by atoms with Gasteiger partial charge in [-0.15, -0.1) is 0 Å². The van der Waals surface area contributed by atoms with E-state index in [1.807, 2.05) is 6.08 Å². The molecule has 1 amide bonds. The van der Waals surface area contributed by atoms with Crippen LogP contribution < -0.4 is 5.32 Å². The topological polar surface area (TPSA) is 228 Å². The molecule has 0 aliphatic carbocycles. The van der Waals surface area contributed by atoms with Crippen LogP contribution in [0.3, 0.4) is 0 Å². The van der Waals surface area contributed by atoms with Crippen molar-refractivity contribution in [2.75, 3.05) is 19.8 Å². The maximum absolute atomic E-state index is 13.3. The van der Waals surface area contributed by atoms with E-state index >= 15 is 0 Å². The van der Waals surface area contributed by atoms with Crippen molar-refractivity contribution >= 4 is 5.91 Å². The van der Waals surface area contributed by atoms with Crippen LogP contribution in [0.1, 0.15) is 232 Å². The van der Waals surface area contributed by atoms with E-state index in [1.165, 1.54) is 89.9 Å². The van der Waals surface area contributed by atoms with Crippen LogP contribution >= 0.6 is 0 Å². The monoisotopic (exact) mass is 1260 g/mol. The summed E-state index contributed by atoms with van der Waals surface area (Å²) in [6, 6.07) is -0.945. The molecule has 2 rings (SSSR count). The molecule has 0 saturated carbocycles. The molecule has 0 radical (unpaired) electrons. The molecule has 2 saturated heterocycles. The molecule has 0 aromatic heterocycles.